The molecule has 0 aliphatic heterocycles. The first-order chi connectivity index (χ1) is 6.65. The molecule has 0 radical (unpaired) electrons. The van der Waals surface area contributed by atoms with Gasteiger partial charge in [0.15, 0.2) is 5.82 Å². The van der Waals surface area contributed by atoms with Gasteiger partial charge in [-0.25, -0.2) is 15.0 Å². The van der Waals surface area contributed by atoms with Crippen LogP contribution in [0.1, 0.15) is 5.69 Å². The second-order valence-corrected chi connectivity index (χ2v) is 3.46. The van der Waals surface area contributed by atoms with Crippen LogP contribution >= 0.6 is 23.2 Å². The summed E-state index contributed by atoms with van der Waals surface area (Å²) in [6.45, 7) is 1.88. The number of nitrogens with one attached hydrogen (secondary N) is 1. The van der Waals surface area contributed by atoms with Crippen LogP contribution in [0, 0.1) is 6.92 Å². The van der Waals surface area contributed by atoms with E-state index in [-0.39, 0.29) is 5.28 Å². The monoisotopic (exact) mass is 228 g/mol. The Labute approximate surface area is 90.3 Å². The third-order valence-electron chi connectivity index (χ3n) is 1.62. The molecule has 4 nitrogen and oxygen atoms in total. The number of nitrogens with zero attached hydrogens (tertiary/aromatic N) is 3. The van der Waals surface area contributed by atoms with Crippen molar-refractivity contribution in [2.75, 3.05) is 0 Å². The quantitative estimate of drug-likeness (QED) is 0.603. The van der Waals surface area contributed by atoms with E-state index in [9.17, 15) is 0 Å². The zero-order chi connectivity index (χ0) is 10.1. The maximum Gasteiger partial charge on any atom is 0.224 e. The second-order valence-electron chi connectivity index (χ2n) is 2.74. The van der Waals surface area contributed by atoms with Crippen LogP contribution in [0.15, 0.2) is 12.3 Å². The highest BCUT2D eigenvalue weighted by atomic mass is 35.5. The fourth-order valence-electron chi connectivity index (χ4n) is 1.06. The predicted octanol–water partition coefficient (Wildman–Crippen LogP) is 2.48. The first-order valence-corrected chi connectivity index (χ1v) is 4.63. The Hall–Kier alpha value is -1.13. The Morgan fingerprint density at radius 2 is 2.00 bits per heavy atom. The van der Waals surface area contributed by atoms with Gasteiger partial charge >= 0.3 is 0 Å². The molecule has 2 heterocycles. The molecule has 0 bridgehead atoms. The Bertz CT molecular complexity index is 446. The third-order valence-corrected chi connectivity index (χ3v) is 1.98. The normalized spacial score (nSPS) is 10.5. The first kappa shape index (κ1) is 9.43. The van der Waals surface area contributed by atoms with Crippen LogP contribution in [0.5, 0.6) is 0 Å². The second kappa shape index (κ2) is 3.55. The molecule has 0 aliphatic carbocycles. The van der Waals surface area contributed by atoms with Gasteiger partial charge in [0.1, 0.15) is 10.8 Å². The van der Waals surface area contributed by atoms with E-state index >= 15 is 0 Å². The third kappa shape index (κ3) is 1.86. The fraction of sp³-hybridized carbons (Fsp3) is 0.125. The average Bonchev–Trinajstić information content (AvgIpc) is 2.50. The topological polar surface area (TPSA) is 54.5 Å². The van der Waals surface area contributed by atoms with Gasteiger partial charge in [-0.05, 0) is 18.5 Å². The molecule has 0 aromatic carbocycles. The Morgan fingerprint density at radius 3 is 2.57 bits per heavy atom. The summed E-state index contributed by atoms with van der Waals surface area (Å²) < 4.78 is 0. The van der Waals surface area contributed by atoms with Crippen LogP contribution in [0.4, 0.5) is 0 Å². The Morgan fingerprint density at radius 1 is 1.21 bits per heavy atom. The van der Waals surface area contributed by atoms with Crippen LogP contribution in [0.3, 0.4) is 0 Å². The van der Waals surface area contributed by atoms with Gasteiger partial charge in [0.25, 0.3) is 0 Å². The summed E-state index contributed by atoms with van der Waals surface area (Å²) in [6.07, 6.45) is 1.78. The van der Waals surface area contributed by atoms with Gasteiger partial charge < -0.3 is 4.98 Å². The average molecular weight is 229 g/mol. The van der Waals surface area contributed by atoms with Crippen LogP contribution < -0.4 is 0 Å². The van der Waals surface area contributed by atoms with Gasteiger partial charge in [-0.3, -0.25) is 0 Å². The molecule has 6 heteroatoms. The number of imidazole rings is 1. The van der Waals surface area contributed by atoms with E-state index in [0.717, 1.165) is 5.69 Å². The molecule has 2 aromatic rings. The van der Waals surface area contributed by atoms with Crippen molar-refractivity contribution in [2.24, 2.45) is 0 Å². The molecule has 2 rings (SSSR count). The molecule has 2 aromatic heterocycles. The molecule has 0 saturated carbocycles. The number of halogens is 2. The standard InChI is InChI=1S/C8H6Cl2N4/c1-4-3-11-7(12-4)5-2-6(9)14-8(10)13-5/h2-3H,1H3,(H,11,12). The van der Waals surface area contributed by atoms with Crippen LogP contribution in [-0.2, 0) is 0 Å². The maximum absolute atomic E-state index is 5.73. The van der Waals surface area contributed by atoms with Crippen molar-refractivity contribution in [3.05, 3.63) is 28.4 Å². The van der Waals surface area contributed by atoms with Crippen LogP contribution in [0.25, 0.3) is 11.5 Å². The number of H-pyrrole nitrogens is 1. The van der Waals surface area contributed by atoms with Crippen molar-refractivity contribution in [3.8, 4) is 11.5 Å². The van der Waals surface area contributed by atoms with Crippen molar-refractivity contribution >= 4 is 23.2 Å². The van der Waals surface area contributed by atoms with Crippen molar-refractivity contribution in [3.63, 3.8) is 0 Å². The number of aromatic nitrogens is 4. The molecule has 72 valence electrons. The SMILES string of the molecule is Cc1c[nH]c(-c2cc(Cl)nc(Cl)n2)n1. The lowest BCUT2D eigenvalue weighted by Crippen LogP contribution is -1.89. The van der Waals surface area contributed by atoms with Gasteiger partial charge in [0.2, 0.25) is 5.28 Å². The predicted molar refractivity (Wildman–Crippen MR) is 54.4 cm³/mol. The van der Waals surface area contributed by atoms with E-state index in [1.807, 2.05) is 6.92 Å². The lowest BCUT2D eigenvalue weighted by Gasteiger charge is -1.96. The van der Waals surface area contributed by atoms with Gasteiger partial charge in [0.05, 0.1) is 5.69 Å². The van der Waals surface area contributed by atoms with E-state index in [0.29, 0.717) is 16.7 Å². The highest BCUT2D eigenvalue weighted by Crippen LogP contribution is 2.18. The van der Waals surface area contributed by atoms with Gasteiger partial charge in [-0.1, -0.05) is 11.6 Å². The van der Waals surface area contributed by atoms with E-state index in [4.69, 9.17) is 23.2 Å². The molecule has 0 fully saturated rings. The van der Waals surface area contributed by atoms with Crippen molar-refractivity contribution in [2.45, 2.75) is 6.92 Å². The van der Waals surface area contributed by atoms with Gasteiger partial charge in [0, 0.05) is 12.3 Å². The van der Waals surface area contributed by atoms with Crippen molar-refractivity contribution in [1.29, 1.82) is 0 Å². The molecule has 0 aliphatic rings. The zero-order valence-electron chi connectivity index (χ0n) is 7.25. The molecule has 1 N–H and O–H groups in total. The minimum atomic E-state index is 0.113. The summed E-state index contributed by atoms with van der Waals surface area (Å²) >= 11 is 11.4. The minimum Gasteiger partial charge on any atom is -0.343 e. The molecular weight excluding hydrogens is 223 g/mol. The molecule has 0 amide bonds. The summed E-state index contributed by atoms with van der Waals surface area (Å²) in [7, 11) is 0. The van der Waals surface area contributed by atoms with E-state index < -0.39 is 0 Å². The summed E-state index contributed by atoms with van der Waals surface area (Å²) in [4.78, 5) is 14.9. The van der Waals surface area contributed by atoms with Crippen molar-refractivity contribution < 1.29 is 0 Å². The Balaban J connectivity index is 2.51. The maximum atomic E-state index is 5.73. The van der Waals surface area contributed by atoms with E-state index in [2.05, 4.69) is 19.9 Å². The molecule has 14 heavy (non-hydrogen) atoms. The van der Waals surface area contributed by atoms with Gasteiger partial charge in [-0.15, -0.1) is 0 Å². The number of aromatic amines is 1. The molecule has 0 spiro atoms. The summed E-state index contributed by atoms with van der Waals surface area (Å²) in [5.41, 5.74) is 1.47. The lowest BCUT2D eigenvalue weighted by molar-refractivity contribution is 1.13. The van der Waals surface area contributed by atoms with Crippen molar-refractivity contribution in [1.82, 2.24) is 19.9 Å². The molecule has 0 atom stereocenters. The number of rotatable bonds is 1. The molecule has 0 saturated heterocycles. The number of hydrogen-bond donors (Lipinski definition) is 1. The molecule has 0 unspecified atom stereocenters. The molecular formula is C8H6Cl2N4. The highest BCUT2D eigenvalue weighted by molar-refractivity contribution is 6.32. The number of hydrogen-bond acceptors (Lipinski definition) is 3. The lowest BCUT2D eigenvalue weighted by atomic mass is 10.4. The van der Waals surface area contributed by atoms with Gasteiger partial charge in [-0.2, -0.15) is 0 Å². The van der Waals surface area contributed by atoms with E-state index in [1.165, 1.54) is 0 Å². The first-order valence-electron chi connectivity index (χ1n) is 3.87. The van der Waals surface area contributed by atoms with E-state index in [1.54, 1.807) is 12.3 Å². The smallest absolute Gasteiger partial charge is 0.224 e. The summed E-state index contributed by atoms with van der Waals surface area (Å²) in [5, 5.41) is 0.413. The summed E-state index contributed by atoms with van der Waals surface area (Å²) in [6, 6.07) is 1.60. The van der Waals surface area contributed by atoms with Crippen LogP contribution in [-0.4, -0.2) is 19.9 Å². The summed E-state index contributed by atoms with van der Waals surface area (Å²) in [5.74, 6) is 0.633. The van der Waals surface area contributed by atoms with Crippen LogP contribution in [0.2, 0.25) is 10.4 Å². The Kier molecular flexibility index (Phi) is 2.39. The highest BCUT2D eigenvalue weighted by Gasteiger charge is 2.06. The largest absolute Gasteiger partial charge is 0.343 e. The minimum absolute atomic E-state index is 0.113. The fourth-order valence-corrected chi connectivity index (χ4v) is 1.46. The number of aryl methyl sites for hydroxylation is 1. The zero-order valence-corrected chi connectivity index (χ0v) is 8.76.